The number of likely N-dealkylation sites (tertiary alicyclic amines) is 1. The van der Waals surface area contributed by atoms with E-state index in [0.717, 1.165) is 43.6 Å². The normalized spacial score (nSPS) is 17.2. The largest absolute Gasteiger partial charge is 0.347 e. The van der Waals surface area contributed by atoms with Crippen molar-refractivity contribution in [3.63, 3.8) is 0 Å². The number of piperidine rings is 1. The number of carbonyl (C=O) groups is 2. The minimum absolute atomic E-state index is 0.295. The van der Waals surface area contributed by atoms with Gasteiger partial charge in [0, 0.05) is 38.0 Å². The molecule has 38 heavy (non-hydrogen) atoms. The molecule has 0 radical (unpaired) electrons. The maximum atomic E-state index is 13.3. The highest BCUT2D eigenvalue weighted by atomic mass is 32.1. The second-order valence-corrected chi connectivity index (χ2v) is 10.3. The molecule has 2 saturated heterocycles. The number of ether oxygens (including phenoxy) is 2. The fourth-order valence-electron chi connectivity index (χ4n) is 4.71. The summed E-state index contributed by atoms with van der Waals surface area (Å²) < 4.78 is 25.0. The van der Waals surface area contributed by atoms with Gasteiger partial charge in [-0.15, -0.1) is 11.3 Å². The lowest BCUT2D eigenvalue weighted by Crippen LogP contribution is -2.44. The summed E-state index contributed by atoms with van der Waals surface area (Å²) in [7, 11) is 0. The van der Waals surface area contributed by atoms with Crippen LogP contribution in [0.25, 0.3) is 0 Å². The smallest absolute Gasteiger partial charge is 0.274 e. The van der Waals surface area contributed by atoms with Crippen LogP contribution in [-0.2, 0) is 16.0 Å². The van der Waals surface area contributed by atoms with Gasteiger partial charge in [-0.05, 0) is 53.3 Å². The van der Waals surface area contributed by atoms with Gasteiger partial charge < -0.3 is 14.8 Å². The minimum Gasteiger partial charge on any atom is -0.347 e. The summed E-state index contributed by atoms with van der Waals surface area (Å²) in [5.41, 5.74) is 5.59. The second-order valence-electron chi connectivity index (χ2n) is 9.42. The van der Waals surface area contributed by atoms with Crippen molar-refractivity contribution in [2.24, 2.45) is 5.10 Å². The van der Waals surface area contributed by atoms with Gasteiger partial charge in [0.25, 0.3) is 11.8 Å². The molecule has 0 aliphatic carbocycles. The Kier molecular flexibility index (Phi) is 7.94. The zero-order valence-corrected chi connectivity index (χ0v) is 21.9. The quantitative estimate of drug-likeness (QED) is 0.342. The minimum atomic E-state index is -0.460. The number of anilines is 1. The maximum absolute atomic E-state index is 13.3. The molecule has 5 rings (SSSR count). The number of halogens is 1. The Morgan fingerprint density at radius 1 is 1.11 bits per heavy atom. The molecule has 2 N–H and O–H groups in total. The van der Waals surface area contributed by atoms with Crippen LogP contribution in [0.15, 0.2) is 59.0 Å². The molecule has 2 aliphatic rings. The van der Waals surface area contributed by atoms with Crippen molar-refractivity contribution < 1.29 is 23.5 Å². The average Bonchev–Trinajstić information content (AvgIpc) is 3.52. The summed E-state index contributed by atoms with van der Waals surface area (Å²) in [6.07, 6.45) is 3.03. The summed E-state index contributed by atoms with van der Waals surface area (Å²) in [6, 6.07) is 13.4. The monoisotopic (exact) mass is 536 g/mol. The molecule has 2 fully saturated rings. The molecule has 0 unspecified atom stereocenters. The third-order valence-corrected chi connectivity index (χ3v) is 7.70. The molecule has 10 heteroatoms. The first kappa shape index (κ1) is 26.2. The number of nitrogens with one attached hydrogen (secondary N) is 2. The zero-order valence-electron chi connectivity index (χ0n) is 21.0. The molecular weight excluding hydrogens is 507 g/mol. The van der Waals surface area contributed by atoms with Gasteiger partial charge in [-0.3, -0.25) is 14.5 Å². The highest BCUT2D eigenvalue weighted by Crippen LogP contribution is 2.32. The Morgan fingerprint density at radius 2 is 1.87 bits per heavy atom. The van der Waals surface area contributed by atoms with Crippen LogP contribution < -0.4 is 10.7 Å². The van der Waals surface area contributed by atoms with Crippen molar-refractivity contribution in [1.82, 2.24) is 10.3 Å². The first-order chi connectivity index (χ1) is 18.4. The highest BCUT2D eigenvalue weighted by Gasteiger charge is 2.39. The van der Waals surface area contributed by atoms with Crippen molar-refractivity contribution >= 4 is 34.4 Å². The van der Waals surface area contributed by atoms with Crippen LogP contribution in [0.2, 0.25) is 0 Å². The van der Waals surface area contributed by atoms with Gasteiger partial charge in [-0.25, -0.2) is 9.82 Å². The number of amides is 2. The van der Waals surface area contributed by atoms with Gasteiger partial charge in [-0.1, -0.05) is 24.3 Å². The number of aryl methyl sites for hydroxylation is 1. The van der Waals surface area contributed by atoms with Gasteiger partial charge in [0.15, 0.2) is 5.79 Å². The predicted octanol–water partition coefficient (Wildman–Crippen LogP) is 4.55. The molecular formula is C28H29FN4O4S. The van der Waals surface area contributed by atoms with E-state index in [1.807, 2.05) is 18.2 Å². The van der Waals surface area contributed by atoms with Crippen LogP contribution in [0, 0.1) is 12.7 Å². The zero-order chi connectivity index (χ0) is 26.5. The van der Waals surface area contributed by atoms with E-state index in [1.54, 1.807) is 30.5 Å². The second kappa shape index (κ2) is 11.5. The van der Waals surface area contributed by atoms with E-state index in [4.69, 9.17) is 9.47 Å². The van der Waals surface area contributed by atoms with Crippen molar-refractivity contribution in [3.05, 3.63) is 87.5 Å². The van der Waals surface area contributed by atoms with Crippen LogP contribution in [0.1, 0.15) is 50.2 Å². The fraction of sp³-hybridized carbons (Fsp3) is 0.321. The molecule has 3 aromatic rings. The van der Waals surface area contributed by atoms with Crippen molar-refractivity contribution in [3.8, 4) is 0 Å². The number of rotatable bonds is 7. The van der Waals surface area contributed by atoms with Crippen LogP contribution >= 0.6 is 11.3 Å². The number of hydrazone groups is 1. The van der Waals surface area contributed by atoms with Crippen LogP contribution in [0.3, 0.4) is 0 Å². The first-order valence-corrected chi connectivity index (χ1v) is 13.4. The van der Waals surface area contributed by atoms with E-state index in [0.29, 0.717) is 34.9 Å². The molecule has 2 aliphatic heterocycles. The standard InChI is InChI=1S/C28H29FN4O4S/c1-19-18-38-27(24(19)26(35)32-30-16-20-4-3-7-23(29)15-20)31-25(34)22-6-2-5-21(14-22)17-33-10-8-28(9-11-33)36-12-13-37-28/h2-7,14-16,18H,8-13,17H2,1H3,(H,31,34)(H,32,35)/b30-16+. The topological polar surface area (TPSA) is 92.3 Å². The average molecular weight is 537 g/mol. The lowest BCUT2D eigenvalue weighted by molar-refractivity contribution is -0.185. The number of hydrogen-bond acceptors (Lipinski definition) is 7. The van der Waals surface area contributed by atoms with E-state index in [-0.39, 0.29) is 11.7 Å². The Labute approximate surface area is 224 Å². The molecule has 198 valence electrons. The van der Waals surface area contributed by atoms with Crippen LogP contribution in [0.5, 0.6) is 0 Å². The molecule has 2 amide bonds. The van der Waals surface area contributed by atoms with Crippen molar-refractivity contribution in [1.29, 1.82) is 0 Å². The summed E-state index contributed by atoms with van der Waals surface area (Å²) in [4.78, 5) is 28.3. The number of benzene rings is 2. The number of hydrogen-bond donors (Lipinski definition) is 2. The summed E-state index contributed by atoms with van der Waals surface area (Å²) in [5.74, 6) is -1.55. The van der Waals surface area contributed by atoms with E-state index in [9.17, 15) is 14.0 Å². The molecule has 3 heterocycles. The number of carbonyl (C=O) groups excluding carboxylic acids is 2. The summed E-state index contributed by atoms with van der Waals surface area (Å²) in [5, 5.41) is 9.05. The third kappa shape index (κ3) is 6.16. The summed E-state index contributed by atoms with van der Waals surface area (Å²) in [6.45, 7) is 5.57. The van der Waals surface area contributed by atoms with Crippen LogP contribution in [-0.4, -0.2) is 55.0 Å². The lowest BCUT2D eigenvalue weighted by atomic mass is 10.0. The van der Waals surface area contributed by atoms with Gasteiger partial charge in [0.2, 0.25) is 0 Å². The van der Waals surface area contributed by atoms with Gasteiger partial charge in [0.1, 0.15) is 10.8 Å². The molecule has 0 bridgehead atoms. The fourth-order valence-corrected chi connectivity index (χ4v) is 5.64. The van der Waals surface area contributed by atoms with E-state index in [1.165, 1.54) is 29.7 Å². The SMILES string of the molecule is Cc1csc(NC(=O)c2cccc(CN3CCC4(CC3)OCCO4)c2)c1C(=O)N/N=C/c1cccc(F)c1. The van der Waals surface area contributed by atoms with Crippen molar-refractivity contribution in [2.75, 3.05) is 31.6 Å². The lowest BCUT2D eigenvalue weighted by Gasteiger charge is -2.37. The van der Waals surface area contributed by atoms with E-state index >= 15 is 0 Å². The van der Waals surface area contributed by atoms with E-state index in [2.05, 4.69) is 20.7 Å². The molecule has 0 atom stereocenters. The Hall–Kier alpha value is -3.44. The van der Waals surface area contributed by atoms with E-state index < -0.39 is 11.7 Å². The predicted molar refractivity (Wildman–Crippen MR) is 144 cm³/mol. The van der Waals surface area contributed by atoms with Crippen LogP contribution in [0.4, 0.5) is 9.39 Å². The molecule has 1 spiro atoms. The maximum Gasteiger partial charge on any atom is 0.274 e. The van der Waals surface area contributed by atoms with Crippen molar-refractivity contribution in [2.45, 2.75) is 32.1 Å². The summed E-state index contributed by atoms with van der Waals surface area (Å²) >= 11 is 1.27. The Bertz CT molecular complexity index is 1340. The molecule has 0 saturated carbocycles. The third-order valence-electron chi connectivity index (χ3n) is 6.68. The van der Waals surface area contributed by atoms with Gasteiger partial charge >= 0.3 is 0 Å². The first-order valence-electron chi connectivity index (χ1n) is 12.5. The van der Waals surface area contributed by atoms with Gasteiger partial charge in [0.05, 0.1) is 25.0 Å². The molecule has 8 nitrogen and oxygen atoms in total. The Morgan fingerprint density at radius 3 is 2.63 bits per heavy atom. The molecule has 2 aromatic carbocycles. The number of nitrogens with zero attached hydrogens (tertiary/aromatic N) is 2. The highest BCUT2D eigenvalue weighted by molar-refractivity contribution is 7.15. The Balaban J connectivity index is 1.20. The number of thiophene rings is 1. The molecule has 1 aromatic heterocycles. The van der Waals surface area contributed by atoms with Gasteiger partial charge in [-0.2, -0.15) is 5.10 Å².